The van der Waals surface area contributed by atoms with Crippen molar-refractivity contribution in [2.45, 2.75) is 40.2 Å². The Balaban J connectivity index is 1.65. The number of carbonyl (C=O) groups excluding carboxylic acids is 1. The molecule has 3 aromatic rings. The average Bonchev–Trinajstić information content (AvgIpc) is 2.99. The third kappa shape index (κ3) is 4.58. The molecule has 4 nitrogen and oxygen atoms in total. The van der Waals surface area contributed by atoms with Gasteiger partial charge in [-0.15, -0.1) is 0 Å². The highest BCUT2D eigenvalue weighted by atomic mass is 16.5. The largest absolute Gasteiger partial charge is 0.458 e. The van der Waals surface area contributed by atoms with Crippen molar-refractivity contribution < 1.29 is 9.53 Å². The third-order valence-corrected chi connectivity index (χ3v) is 4.76. The number of hydrogen-bond donors (Lipinski definition) is 0. The van der Waals surface area contributed by atoms with Gasteiger partial charge in [0.1, 0.15) is 6.61 Å². The minimum Gasteiger partial charge on any atom is -0.458 e. The molecule has 0 radical (unpaired) electrons. The summed E-state index contributed by atoms with van der Waals surface area (Å²) in [6.07, 6.45) is 3.25. The number of hydrogen-bond acceptors (Lipinski definition) is 3. The molecule has 0 saturated carbocycles. The summed E-state index contributed by atoms with van der Waals surface area (Å²) in [5.74, 6) is 0.127. The summed E-state index contributed by atoms with van der Waals surface area (Å²) in [5, 5.41) is 4.59. The molecule has 4 heteroatoms. The van der Waals surface area contributed by atoms with Crippen LogP contribution < -0.4 is 0 Å². The van der Waals surface area contributed by atoms with E-state index in [1.54, 1.807) is 6.08 Å². The maximum absolute atomic E-state index is 12.1. The summed E-state index contributed by atoms with van der Waals surface area (Å²) in [6.45, 7) is 8.51. The predicted molar refractivity (Wildman–Crippen MR) is 112 cm³/mol. The van der Waals surface area contributed by atoms with Gasteiger partial charge in [-0.05, 0) is 49.1 Å². The van der Waals surface area contributed by atoms with Crippen LogP contribution in [0.4, 0.5) is 0 Å². The van der Waals surface area contributed by atoms with Crippen LogP contribution in [0.1, 0.15) is 47.8 Å². The van der Waals surface area contributed by atoms with E-state index in [0.717, 1.165) is 28.2 Å². The van der Waals surface area contributed by atoms with E-state index in [-0.39, 0.29) is 12.6 Å². The van der Waals surface area contributed by atoms with Crippen molar-refractivity contribution in [2.24, 2.45) is 0 Å². The van der Waals surface area contributed by atoms with Gasteiger partial charge in [-0.25, -0.2) is 9.48 Å². The molecule has 0 aliphatic rings. The molecule has 144 valence electrons. The van der Waals surface area contributed by atoms with Crippen molar-refractivity contribution in [1.29, 1.82) is 0 Å². The average molecular weight is 374 g/mol. The summed E-state index contributed by atoms with van der Waals surface area (Å²) in [7, 11) is 0. The summed E-state index contributed by atoms with van der Waals surface area (Å²) >= 11 is 0. The lowest BCUT2D eigenvalue weighted by molar-refractivity contribution is -0.138. The normalized spacial score (nSPS) is 11.3. The summed E-state index contributed by atoms with van der Waals surface area (Å²) in [5.41, 5.74) is 6.04. The highest BCUT2D eigenvalue weighted by molar-refractivity contribution is 5.87. The Morgan fingerprint density at radius 3 is 2.39 bits per heavy atom. The molecule has 0 amide bonds. The highest BCUT2D eigenvalue weighted by Crippen LogP contribution is 2.19. The second kappa shape index (κ2) is 8.70. The van der Waals surface area contributed by atoms with Gasteiger partial charge in [-0.1, -0.05) is 56.3 Å². The molecule has 0 unspecified atom stereocenters. The van der Waals surface area contributed by atoms with Gasteiger partial charge in [0.15, 0.2) is 0 Å². The molecule has 0 bridgehead atoms. The molecule has 2 aromatic carbocycles. The van der Waals surface area contributed by atoms with Gasteiger partial charge < -0.3 is 4.74 Å². The standard InChI is InChI=1S/C24H26N2O2/c1-17(2)21-12-10-20(11-13-21)16-28-24(27)15-14-23-18(3)25-26(19(23)4)22-8-6-5-7-9-22/h5-15,17H,16H2,1-4H3/b15-14+. The molecule has 1 heterocycles. The van der Waals surface area contributed by atoms with E-state index in [1.165, 1.54) is 11.6 Å². The van der Waals surface area contributed by atoms with Crippen molar-refractivity contribution in [3.8, 4) is 5.69 Å². The first-order valence-corrected chi connectivity index (χ1v) is 9.51. The van der Waals surface area contributed by atoms with E-state index in [9.17, 15) is 4.79 Å². The number of aryl methyl sites for hydroxylation is 1. The molecule has 0 aliphatic carbocycles. The zero-order valence-electron chi connectivity index (χ0n) is 16.8. The monoisotopic (exact) mass is 374 g/mol. The van der Waals surface area contributed by atoms with E-state index in [0.29, 0.717) is 5.92 Å². The predicted octanol–water partition coefficient (Wildman–Crippen LogP) is 5.37. The zero-order valence-corrected chi connectivity index (χ0v) is 16.8. The number of aromatic nitrogens is 2. The molecule has 3 rings (SSSR count). The van der Waals surface area contributed by atoms with Gasteiger partial charge in [0.05, 0.1) is 11.4 Å². The Bertz CT molecular complexity index is 968. The molecule has 0 fully saturated rings. The lowest BCUT2D eigenvalue weighted by Gasteiger charge is -2.07. The van der Waals surface area contributed by atoms with Crippen molar-refractivity contribution in [1.82, 2.24) is 9.78 Å². The topological polar surface area (TPSA) is 44.1 Å². The van der Waals surface area contributed by atoms with Gasteiger partial charge in [0.2, 0.25) is 0 Å². The maximum Gasteiger partial charge on any atom is 0.331 e. The van der Waals surface area contributed by atoms with Gasteiger partial charge in [-0.2, -0.15) is 5.10 Å². The van der Waals surface area contributed by atoms with E-state index < -0.39 is 0 Å². The first-order valence-electron chi connectivity index (χ1n) is 9.51. The fourth-order valence-corrected chi connectivity index (χ4v) is 3.07. The van der Waals surface area contributed by atoms with Crippen LogP contribution in [0.25, 0.3) is 11.8 Å². The number of para-hydroxylation sites is 1. The van der Waals surface area contributed by atoms with Gasteiger partial charge >= 0.3 is 5.97 Å². The highest BCUT2D eigenvalue weighted by Gasteiger charge is 2.11. The Hall–Kier alpha value is -3.14. The first kappa shape index (κ1) is 19.6. The van der Waals surface area contributed by atoms with Crippen LogP contribution in [0.5, 0.6) is 0 Å². The van der Waals surface area contributed by atoms with Crippen LogP contribution in [-0.2, 0) is 16.1 Å². The maximum atomic E-state index is 12.1. The van der Waals surface area contributed by atoms with Crippen molar-refractivity contribution in [3.05, 3.63) is 88.8 Å². The Morgan fingerprint density at radius 1 is 1.07 bits per heavy atom. The van der Waals surface area contributed by atoms with Crippen molar-refractivity contribution in [3.63, 3.8) is 0 Å². The van der Waals surface area contributed by atoms with E-state index in [1.807, 2.05) is 61.0 Å². The minimum atomic E-state index is -0.362. The van der Waals surface area contributed by atoms with Gasteiger partial charge in [-0.3, -0.25) is 0 Å². The molecular formula is C24H26N2O2. The number of rotatable bonds is 6. The van der Waals surface area contributed by atoms with Crippen LogP contribution in [-0.4, -0.2) is 15.7 Å². The number of ether oxygens (including phenoxy) is 1. The van der Waals surface area contributed by atoms with Crippen LogP contribution in [0.3, 0.4) is 0 Å². The lowest BCUT2D eigenvalue weighted by Crippen LogP contribution is -2.01. The van der Waals surface area contributed by atoms with E-state index in [2.05, 4.69) is 31.1 Å². The Labute approximate surface area is 166 Å². The molecule has 0 aliphatic heterocycles. The molecule has 1 aromatic heterocycles. The van der Waals surface area contributed by atoms with Crippen LogP contribution in [0.15, 0.2) is 60.7 Å². The molecule has 0 spiro atoms. The number of nitrogens with zero attached hydrogens (tertiary/aromatic N) is 2. The Morgan fingerprint density at radius 2 is 1.75 bits per heavy atom. The number of esters is 1. The SMILES string of the molecule is Cc1nn(-c2ccccc2)c(C)c1/C=C/C(=O)OCc1ccc(C(C)C)cc1. The van der Waals surface area contributed by atoms with Crippen molar-refractivity contribution >= 4 is 12.0 Å². The zero-order chi connectivity index (χ0) is 20.1. The molecule has 0 atom stereocenters. The van der Waals surface area contributed by atoms with Crippen LogP contribution >= 0.6 is 0 Å². The van der Waals surface area contributed by atoms with Gasteiger partial charge in [0, 0.05) is 17.3 Å². The second-order valence-electron chi connectivity index (χ2n) is 7.17. The number of carbonyl (C=O) groups is 1. The molecular weight excluding hydrogens is 348 g/mol. The fourth-order valence-electron chi connectivity index (χ4n) is 3.07. The smallest absolute Gasteiger partial charge is 0.331 e. The Kier molecular flexibility index (Phi) is 6.09. The van der Waals surface area contributed by atoms with E-state index >= 15 is 0 Å². The van der Waals surface area contributed by atoms with Crippen LogP contribution in [0.2, 0.25) is 0 Å². The summed E-state index contributed by atoms with van der Waals surface area (Å²) in [6, 6.07) is 18.1. The fraction of sp³-hybridized carbons (Fsp3) is 0.250. The molecule has 0 saturated heterocycles. The summed E-state index contributed by atoms with van der Waals surface area (Å²) < 4.78 is 7.25. The quantitative estimate of drug-likeness (QED) is 0.430. The van der Waals surface area contributed by atoms with Crippen molar-refractivity contribution in [2.75, 3.05) is 0 Å². The number of benzene rings is 2. The third-order valence-electron chi connectivity index (χ3n) is 4.76. The van der Waals surface area contributed by atoms with Gasteiger partial charge in [0.25, 0.3) is 0 Å². The minimum absolute atomic E-state index is 0.267. The van der Waals surface area contributed by atoms with Crippen LogP contribution in [0, 0.1) is 13.8 Å². The first-order chi connectivity index (χ1) is 13.5. The summed E-state index contributed by atoms with van der Waals surface area (Å²) in [4.78, 5) is 12.1. The molecule has 28 heavy (non-hydrogen) atoms. The molecule has 0 N–H and O–H groups in total. The lowest BCUT2D eigenvalue weighted by atomic mass is 10.0. The van der Waals surface area contributed by atoms with E-state index in [4.69, 9.17) is 4.74 Å². The second-order valence-corrected chi connectivity index (χ2v) is 7.17.